The van der Waals surface area contributed by atoms with Crippen LogP contribution in [0, 0.1) is 6.92 Å². The van der Waals surface area contributed by atoms with Gasteiger partial charge < -0.3 is 10.3 Å². The van der Waals surface area contributed by atoms with Crippen LogP contribution in [-0.4, -0.2) is 10.1 Å². The van der Waals surface area contributed by atoms with Crippen LogP contribution in [0.15, 0.2) is 21.0 Å². The molecule has 0 aliphatic carbocycles. The standard InChI is InChI=1S/C8H9N3OS2/c1-5-2-6(11-12-5)4-13-7-3-10-8(9)14-7/h2-3H,4H2,1H3,(H2,9,10). The van der Waals surface area contributed by atoms with E-state index in [4.69, 9.17) is 10.3 Å². The predicted molar refractivity (Wildman–Crippen MR) is 57.3 cm³/mol. The second-order valence-corrected chi connectivity index (χ2v) is 5.07. The Labute approximate surface area is 89.5 Å². The van der Waals surface area contributed by atoms with Crippen molar-refractivity contribution in [2.75, 3.05) is 5.73 Å². The van der Waals surface area contributed by atoms with E-state index in [9.17, 15) is 0 Å². The fraction of sp³-hybridized carbons (Fsp3) is 0.250. The van der Waals surface area contributed by atoms with E-state index in [0.717, 1.165) is 21.4 Å². The second-order valence-electron chi connectivity index (χ2n) is 2.74. The fourth-order valence-corrected chi connectivity index (χ4v) is 2.61. The highest BCUT2D eigenvalue weighted by atomic mass is 32.2. The summed E-state index contributed by atoms with van der Waals surface area (Å²) in [4.78, 5) is 3.97. The molecule has 6 heteroatoms. The zero-order valence-electron chi connectivity index (χ0n) is 7.56. The van der Waals surface area contributed by atoms with Crippen LogP contribution in [0.3, 0.4) is 0 Å². The van der Waals surface area contributed by atoms with Gasteiger partial charge in [-0.2, -0.15) is 0 Å². The van der Waals surface area contributed by atoms with E-state index >= 15 is 0 Å². The van der Waals surface area contributed by atoms with Crippen LogP contribution in [0.4, 0.5) is 5.13 Å². The second kappa shape index (κ2) is 4.02. The van der Waals surface area contributed by atoms with E-state index in [1.54, 1.807) is 18.0 Å². The molecule has 0 radical (unpaired) electrons. The van der Waals surface area contributed by atoms with Crippen LogP contribution in [0.1, 0.15) is 11.5 Å². The molecule has 2 heterocycles. The minimum Gasteiger partial charge on any atom is -0.375 e. The van der Waals surface area contributed by atoms with Crippen molar-refractivity contribution in [1.29, 1.82) is 0 Å². The number of aryl methyl sites for hydroxylation is 1. The van der Waals surface area contributed by atoms with Gasteiger partial charge >= 0.3 is 0 Å². The molecule has 0 unspecified atom stereocenters. The third kappa shape index (κ3) is 2.27. The number of nitrogens with zero attached hydrogens (tertiary/aromatic N) is 2. The Bertz CT molecular complexity index is 383. The maximum absolute atomic E-state index is 5.51. The topological polar surface area (TPSA) is 64.9 Å². The highest BCUT2D eigenvalue weighted by Gasteiger charge is 2.03. The molecule has 2 N–H and O–H groups in total. The van der Waals surface area contributed by atoms with E-state index in [-0.39, 0.29) is 0 Å². The van der Waals surface area contributed by atoms with Crippen molar-refractivity contribution in [3.8, 4) is 0 Å². The minimum atomic E-state index is 0.601. The van der Waals surface area contributed by atoms with Crippen LogP contribution < -0.4 is 5.73 Å². The summed E-state index contributed by atoms with van der Waals surface area (Å²) in [5.41, 5.74) is 6.46. The number of aromatic nitrogens is 2. The largest absolute Gasteiger partial charge is 0.375 e. The van der Waals surface area contributed by atoms with E-state index in [0.29, 0.717) is 5.13 Å². The van der Waals surface area contributed by atoms with Crippen molar-refractivity contribution in [2.24, 2.45) is 0 Å². The lowest BCUT2D eigenvalue weighted by Gasteiger charge is -1.90. The van der Waals surface area contributed by atoms with Gasteiger partial charge in [0.2, 0.25) is 0 Å². The van der Waals surface area contributed by atoms with Gasteiger partial charge in [-0.25, -0.2) is 4.98 Å². The molecule has 0 amide bonds. The average Bonchev–Trinajstić information content (AvgIpc) is 2.72. The maximum atomic E-state index is 5.51. The van der Waals surface area contributed by atoms with Crippen LogP contribution in [0.2, 0.25) is 0 Å². The Kier molecular flexibility index (Phi) is 2.74. The molecule has 2 aromatic heterocycles. The quantitative estimate of drug-likeness (QED) is 0.815. The SMILES string of the molecule is Cc1cc(CSc2cnc(N)s2)no1. The van der Waals surface area contributed by atoms with Gasteiger partial charge in [0.25, 0.3) is 0 Å². The molecule has 0 aliphatic heterocycles. The van der Waals surface area contributed by atoms with Crippen LogP contribution in [0.5, 0.6) is 0 Å². The van der Waals surface area contributed by atoms with Crippen LogP contribution in [-0.2, 0) is 5.75 Å². The first-order chi connectivity index (χ1) is 6.74. The van der Waals surface area contributed by atoms with Gasteiger partial charge in [0.05, 0.1) is 16.1 Å². The zero-order chi connectivity index (χ0) is 9.97. The van der Waals surface area contributed by atoms with Crippen LogP contribution in [0.25, 0.3) is 0 Å². The van der Waals surface area contributed by atoms with E-state index in [2.05, 4.69) is 10.1 Å². The Morgan fingerprint density at radius 3 is 3.07 bits per heavy atom. The lowest BCUT2D eigenvalue weighted by atomic mass is 10.4. The Morgan fingerprint density at radius 2 is 2.50 bits per heavy atom. The zero-order valence-corrected chi connectivity index (χ0v) is 9.19. The van der Waals surface area contributed by atoms with Crippen molar-refractivity contribution >= 4 is 28.2 Å². The van der Waals surface area contributed by atoms with Gasteiger partial charge in [0, 0.05) is 11.8 Å². The first-order valence-corrected chi connectivity index (χ1v) is 5.80. The lowest BCUT2D eigenvalue weighted by Crippen LogP contribution is -1.77. The number of rotatable bonds is 3. The lowest BCUT2D eigenvalue weighted by molar-refractivity contribution is 0.393. The van der Waals surface area contributed by atoms with E-state index in [1.165, 1.54) is 11.3 Å². The number of anilines is 1. The van der Waals surface area contributed by atoms with Gasteiger partial charge in [-0.3, -0.25) is 0 Å². The van der Waals surface area contributed by atoms with Gasteiger partial charge in [0.15, 0.2) is 5.13 Å². The van der Waals surface area contributed by atoms with E-state index < -0.39 is 0 Å². The number of nitrogen functional groups attached to an aromatic ring is 1. The van der Waals surface area contributed by atoms with E-state index in [1.807, 2.05) is 13.0 Å². The number of thiazole rings is 1. The number of hydrogen-bond acceptors (Lipinski definition) is 6. The molecular weight excluding hydrogens is 218 g/mol. The number of hydrogen-bond donors (Lipinski definition) is 1. The molecule has 14 heavy (non-hydrogen) atoms. The Balaban J connectivity index is 1.94. The normalized spacial score (nSPS) is 10.6. The molecule has 0 saturated heterocycles. The molecule has 0 bridgehead atoms. The smallest absolute Gasteiger partial charge is 0.181 e. The van der Waals surface area contributed by atoms with Crippen molar-refractivity contribution in [3.05, 3.63) is 23.7 Å². The Hall–Kier alpha value is -1.01. The summed E-state index contributed by atoms with van der Waals surface area (Å²) >= 11 is 3.15. The molecule has 4 nitrogen and oxygen atoms in total. The molecule has 0 saturated carbocycles. The molecular formula is C8H9N3OS2. The van der Waals surface area contributed by atoms with Crippen molar-refractivity contribution < 1.29 is 4.52 Å². The van der Waals surface area contributed by atoms with Gasteiger partial charge in [0.1, 0.15) is 5.76 Å². The third-order valence-electron chi connectivity index (χ3n) is 1.54. The summed E-state index contributed by atoms with van der Waals surface area (Å²) in [5.74, 6) is 1.63. The van der Waals surface area contributed by atoms with Crippen LogP contribution >= 0.6 is 23.1 Å². The predicted octanol–water partition coefficient (Wildman–Crippen LogP) is 2.31. The summed E-state index contributed by atoms with van der Waals surface area (Å²) < 4.78 is 6.06. The highest BCUT2D eigenvalue weighted by molar-refractivity contribution is 8.00. The minimum absolute atomic E-state index is 0.601. The molecule has 0 fully saturated rings. The summed E-state index contributed by atoms with van der Waals surface area (Å²) in [7, 11) is 0. The highest BCUT2D eigenvalue weighted by Crippen LogP contribution is 2.28. The Morgan fingerprint density at radius 1 is 1.64 bits per heavy atom. The first kappa shape index (κ1) is 9.54. The average molecular weight is 227 g/mol. The number of nitrogens with two attached hydrogens (primary N) is 1. The van der Waals surface area contributed by atoms with Gasteiger partial charge in [-0.15, -0.1) is 11.8 Å². The van der Waals surface area contributed by atoms with Crippen molar-refractivity contribution in [3.63, 3.8) is 0 Å². The summed E-state index contributed by atoms with van der Waals surface area (Å²) in [6.45, 7) is 1.88. The fourth-order valence-electron chi connectivity index (χ4n) is 0.970. The third-order valence-corrected chi connectivity index (χ3v) is 3.60. The van der Waals surface area contributed by atoms with Crippen molar-refractivity contribution in [2.45, 2.75) is 16.9 Å². The monoisotopic (exact) mass is 227 g/mol. The van der Waals surface area contributed by atoms with Gasteiger partial charge in [-0.1, -0.05) is 16.5 Å². The maximum Gasteiger partial charge on any atom is 0.181 e. The van der Waals surface area contributed by atoms with Gasteiger partial charge in [-0.05, 0) is 6.92 Å². The molecule has 2 rings (SSSR count). The molecule has 0 atom stereocenters. The molecule has 74 valence electrons. The first-order valence-electron chi connectivity index (χ1n) is 4.00. The summed E-state index contributed by atoms with van der Waals surface area (Å²) in [6, 6.07) is 1.93. The molecule has 0 spiro atoms. The number of thioether (sulfide) groups is 1. The summed E-state index contributed by atoms with van der Waals surface area (Å²) in [5, 5.41) is 4.50. The molecule has 0 aromatic carbocycles. The molecule has 0 aliphatic rings. The van der Waals surface area contributed by atoms with Crippen molar-refractivity contribution in [1.82, 2.24) is 10.1 Å². The summed E-state index contributed by atoms with van der Waals surface area (Å²) in [6.07, 6.45) is 1.78. The molecule has 2 aromatic rings.